The lowest BCUT2D eigenvalue weighted by Gasteiger charge is -2.34. The number of nitrogens with one attached hydrogen (secondary N) is 1. The summed E-state index contributed by atoms with van der Waals surface area (Å²) in [6, 6.07) is 2.32. The SMILES string of the molecule is CN(CCc1c[nH]c2ncc(F)cc12)C1CCC1.Cl. The number of pyridine rings is 1. The van der Waals surface area contributed by atoms with Crippen LogP contribution in [0, 0.1) is 5.82 Å². The molecule has 5 heteroatoms. The predicted molar refractivity (Wildman–Crippen MR) is 77.3 cm³/mol. The van der Waals surface area contributed by atoms with E-state index in [2.05, 4.69) is 21.9 Å². The lowest BCUT2D eigenvalue weighted by Crippen LogP contribution is -2.38. The number of rotatable bonds is 4. The van der Waals surface area contributed by atoms with E-state index in [-0.39, 0.29) is 18.2 Å². The van der Waals surface area contributed by atoms with E-state index in [1.807, 2.05) is 6.20 Å². The summed E-state index contributed by atoms with van der Waals surface area (Å²) in [4.78, 5) is 9.56. The molecule has 1 aliphatic carbocycles. The van der Waals surface area contributed by atoms with Crippen LogP contribution in [0.25, 0.3) is 11.0 Å². The van der Waals surface area contributed by atoms with E-state index >= 15 is 0 Å². The molecule has 0 aliphatic heterocycles. The quantitative estimate of drug-likeness (QED) is 0.935. The number of likely N-dealkylation sites (N-methyl/N-ethyl adjacent to an activating group) is 1. The Morgan fingerprint density at radius 1 is 1.47 bits per heavy atom. The number of hydrogen-bond donors (Lipinski definition) is 1. The minimum Gasteiger partial charge on any atom is -0.346 e. The van der Waals surface area contributed by atoms with Gasteiger partial charge in [0.05, 0.1) is 6.20 Å². The van der Waals surface area contributed by atoms with Crippen LogP contribution in [0.3, 0.4) is 0 Å². The third kappa shape index (κ3) is 2.90. The van der Waals surface area contributed by atoms with Gasteiger partial charge in [0.15, 0.2) is 0 Å². The summed E-state index contributed by atoms with van der Waals surface area (Å²) < 4.78 is 13.2. The Balaban J connectivity index is 0.00000133. The van der Waals surface area contributed by atoms with Crippen LogP contribution in [0.15, 0.2) is 18.5 Å². The Hall–Kier alpha value is -1.13. The third-order valence-electron chi connectivity index (χ3n) is 4.02. The highest BCUT2D eigenvalue weighted by molar-refractivity contribution is 5.85. The third-order valence-corrected chi connectivity index (χ3v) is 4.02. The van der Waals surface area contributed by atoms with Crippen LogP contribution in [0.5, 0.6) is 0 Å². The molecule has 0 radical (unpaired) electrons. The average molecular weight is 284 g/mol. The molecule has 0 saturated heterocycles. The van der Waals surface area contributed by atoms with Gasteiger partial charge in [-0.25, -0.2) is 9.37 Å². The second-order valence-corrected chi connectivity index (χ2v) is 5.18. The van der Waals surface area contributed by atoms with E-state index in [0.29, 0.717) is 0 Å². The van der Waals surface area contributed by atoms with E-state index < -0.39 is 0 Å². The molecule has 1 aliphatic rings. The molecule has 0 bridgehead atoms. The standard InChI is InChI=1S/C14H18FN3.ClH/c1-18(12-3-2-4-12)6-5-10-8-16-14-13(10)7-11(15)9-17-14;/h7-9,12H,2-6H2,1H3,(H,16,17);1H. The Kier molecular flexibility index (Phi) is 4.42. The number of aromatic amines is 1. The molecule has 2 aromatic rings. The van der Waals surface area contributed by atoms with Crippen LogP contribution < -0.4 is 0 Å². The first kappa shape index (κ1) is 14.3. The number of halogens is 2. The minimum absolute atomic E-state index is 0. The van der Waals surface area contributed by atoms with E-state index in [1.165, 1.54) is 25.5 Å². The molecule has 0 amide bonds. The number of aromatic nitrogens is 2. The molecule has 1 saturated carbocycles. The predicted octanol–water partition coefficient (Wildman–Crippen LogP) is 3.15. The van der Waals surface area contributed by atoms with Gasteiger partial charge in [-0.2, -0.15) is 0 Å². The largest absolute Gasteiger partial charge is 0.346 e. The molecule has 1 fully saturated rings. The Bertz CT molecular complexity index is 551. The fourth-order valence-electron chi connectivity index (χ4n) is 2.55. The summed E-state index contributed by atoms with van der Waals surface area (Å²) in [6.07, 6.45) is 8.14. The first-order chi connectivity index (χ1) is 8.74. The summed E-state index contributed by atoms with van der Waals surface area (Å²) >= 11 is 0. The summed E-state index contributed by atoms with van der Waals surface area (Å²) in [5.74, 6) is -0.268. The van der Waals surface area contributed by atoms with Crippen molar-refractivity contribution in [1.82, 2.24) is 14.9 Å². The van der Waals surface area contributed by atoms with Crippen LogP contribution in [-0.2, 0) is 6.42 Å². The van der Waals surface area contributed by atoms with Gasteiger partial charge >= 0.3 is 0 Å². The molecule has 3 rings (SSSR count). The maximum atomic E-state index is 13.2. The lowest BCUT2D eigenvalue weighted by molar-refractivity contribution is 0.161. The molecule has 0 atom stereocenters. The summed E-state index contributed by atoms with van der Waals surface area (Å²) in [6.45, 7) is 1.02. The van der Waals surface area contributed by atoms with Gasteiger partial charge in [0, 0.05) is 24.2 Å². The van der Waals surface area contributed by atoms with Crippen molar-refractivity contribution in [3.05, 3.63) is 29.8 Å². The van der Waals surface area contributed by atoms with Gasteiger partial charge in [-0.15, -0.1) is 12.4 Å². The zero-order chi connectivity index (χ0) is 12.5. The average Bonchev–Trinajstić information content (AvgIpc) is 2.66. The Morgan fingerprint density at radius 3 is 2.95 bits per heavy atom. The molecule has 0 unspecified atom stereocenters. The van der Waals surface area contributed by atoms with Crippen molar-refractivity contribution in [3.8, 4) is 0 Å². The number of H-pyrrole nitrogens is 1. The number of hydrogen-bond acceptors (Lipinski definition) is 2. The zero-order valence-electron chi connectivity index (χ0n) is 11.0. The topological polar surface area (TPSA) is 31.9 Å². The molecule has 2 aromatic heterocycles. The second-order valence-electron chi connectivity index (χ2n) is 5.18. The van der Waals surface area contributed by atoms with Gasteiger partial charge in [-0.3, -0.25) is 0 Å². The number of nitrogens with zero attached hydrogens (tertiary/aromatic N) is 2. The van der Waals surface area contributed by atoms with E-state index in [0.717, 1.165) is 35.6 Å². The fraction of sp³-hybridized carbons (Fsp3) is 0.500. The monoisotopic (exact) mass is 283 g/mol. The summed E-state index contributed by atoms with van der Waals surface area (Å²) in [5.41, 5.74) is 1.93. The molecule has 0 aromatic carbocycles. The molecule has 2 heterocycles. The van der Waals surface area contributed by atoms with Gasteiger partial charge in [0.25, 0.3) is 0 Å². The van der Waals surface area contributed by atoms with Gasteiger partial charge in [-0.05, 0) is 37.9 Å². The van der Waals surface area contributed by atoms with Gasteiger partial charge in [-0.1, -0.05) is 6.42 Å². The first-order valence-electron chi connectivity index (χ1n) is 6.56. The molecule has 19 heavy (non-hydrogen) atoms. The molecule has 3 nitrogen and oxygen atoms in total. The Labute approximate surface area is 118 Å². The van der Waals surface area contributed by atoms with Crippen molar-refractivity contribution < 1.29 is 4.39 Å². The zero-order valence-corrected chi connectivity index (χ0v) is 11.8. The summed E-state index contributed by atoms with van der Waals surface area (Å²) in [5, 5.41) is 0.914. The van der Waals surface area contributed by atoms with Crippen molar-refractivity contribution in [2.45, 2.75) is 31.7 Å². The van der Waals surface area contributed by atoms with Crippen molar-refractivity contribution in [3.63, 3.8) is 0 Å². The minimum atomic E-state index is -0.268. The maximum absolute atomic E-state index is 13.2. The van der Waals surface area contributed by atoms with Crippen molar-refractivity contribution >= 4 is 23.4 Å². The van der Waals surface area contributed by atoms with Crippen LogP contribution in [0.4, 0.5) is 4.39 Å². The van der Waals surface area contributed by atoms with Crippen LogP contribution >= 0.6 is 12.4 Å². The van der Waals surface area contributed by atoms with Gasteiger partial charge in [0.2, 0.25) is 0 Å². The molecule has 1 N–H and O–H groups in total. The van der Waals surface area contributed by atoms with Gasteiger partial charge in [0.1, 0.15) is 11.5 Å². The number of fused-ring (bicyclic) bond motifs is 1. The van der Waals surface area contributed by atoms with Gasteiger partial charge < -0.3 is 9.88 Å². The van der Waals surface area contributed by atoms with E-state index in [4.69, 9.17) is 0 Å². The fourth-order valence-corrected chi connectivity index (χ4v) is 2.55. The smallest absolute Gasteiger partial charge is 0.142 e. The molecular formula is C14H19ClFN3. The Morgan fingerprint density at radius 2 is 2.26 bits per heavy atom. The van der Waals surface area contributed by atoms with Crippen LogP contribution in [0.2, 0.25) is 0 Å². The van der Waals surface area contributed by atoms with Crippen molar-refractivity contribution in [2.75, 3.05) is 13.6 Å². The highest BCUT2D eigenvalue weighted by Crippen LogP contribution is 2.24. The second kappa shape index (κ2) is 5.88. The van der Waals surface area contributed by atoms with E-state index in [1.54, 1.807) is 6.07 Å². The van der Waals surface area contributed by atoms with Crippen molar-refractivity contribution in [2.24, 2.45) is 0 Å². The molecule has 104 valence electrons. The van der Waals surface area contributed by atoms with Crippen LogP contribution in [0.1, 0.15) is 24.8 Å². The molecule has 0 spiro atoms. The lowest BCUT2D eigenvalue weighted by atomic mass is 9.91. The highest BCUT2D eigenvalue weighted by atomic mass is 35.5. The summed E-state index contributed by atoms with van der Waals surface area (Å²) in [7, 11) is 2.18. The van der Waals surface area contributed by atoms with Crippen LogP contribution in [-0.4, -0.2) is 34.5 Å². The normalized spacial score (nSPS) is 15.5. The van der Waals surface area contributed by atoms with Crippen molar-refractivity contribution in [1.29, 1.82) is 0 Å². The highest BCUT2D eigenvalue weighted by Gasteiger charge is 2.21. The molecular weight excluding hydrogens is 265 g/mol. The first-order valence-corrected chi connectivity index (χ1v) is 6.56. The van der Waals surface area contributed by atoms with E-state index in [9.17, 15) is 4.39 Å². The maximum Gasteiger partial charge on any atom is 0.142 e.